The monoisotopic (exact) mass is 308 g/mol. The van der Waals surface area contributed by atoms with Gasteiger partial charge in [-0.3, -0.25) is 0 Å². The minimum absolute atomic E-state index is 0.621. The van der Waals surface area contributed by atoms with Crippen LogP contribution >= 0.6 is 15.9 Å². The molecule has 0 aliphatic heterocycles. The first kappa shape index (κ1) is 13.2. The van der Waals surface area contributed by atoms with Crippen molar-refractivity contribution in [1.29, 1.82) is 0 Å². The Morgan fingerprint density at radius 2 is 2.17 bits per heavy atom. The van der Waals surface area contributed by atoms with Gasteiger partial charge in [0.15, 0.2) is 0 Å². The fourth-order valence-electron chi connectivity index (χ4n) is 1.87. The van der Waals surface area contributed by atoms with Gasteiger partial charge in [-0.05, 0) is 42.8 Å². The zero-order chi connectivity index (χ0) is 13.0. The van der Waals surface area contributed by atoms with Crippen LogP contribution in [0.3, 0.4) is 0 Å². The molecular weight excluding hydrogens is 292 g/mol. The van der Waals surface area contributed by atoms with E-state index in [1.807, 2.05) is 12.1 Å². The topological polar surface area (TPSA) is 42.4 Å². The minimum atomic E-state index is 0.621. The molecule has 0 fully saturated rings. The first-order valence-corrected chi connectivity index (χ1v) is 6.73. The van der Waals surface area contributed by atoms with Crippen molar-refractivity contribution >= 4 is 21.6 Å². The van der Waals surface area contributed by atoms with Gasteiger partial charge in [0.25, 0.3) is 0 Å². The molecule has 1 aromatic heterocycles. The van der Waals surface area contributed by atoms with Crippen LogP contribution in [0.25, 0.3) is 0 Å². The van der Waals surface area contributed by atoms with E-state index in [2.05, 4.69) is 46.0 Å². The molecule has 2 rings (SSSR count). The SMILES string of the molecule is Cc1cc(N(CCN)Cc2ccco2)ccc1Br. The van der Waals surface area contributed by atoms with E-state index in [1.165, 1.54) is 5.56 Å². The predicted molar refractivity (Wildman–Crippen MR) is 77.7 cm³/mol. The van der Waals surface area contributed by atoms with Crippen molar-refractivity contribution in [2.75, 3.05) is 18.0 Å². The van der Waals surface area contributed by atoms with E-state index in [0.29, 0.717) is 6.54 Å². The highest BCUT2D eigenvalue weighted by atomic mass is 79.9. The van der Waals surface area contributed by atoms with E-state index in [0.717, 1.165) is 29.0 Å². The number of nitrogens with zero attached hydrogens (tertiary/aromatic N) is 1. The molecule has 0 aliphatic carbocycles. The normalized spacial score (nSPS) is 10.6. The van der Waals surface area contributed by atoms with Crippen molar-refractivity contribution in [3.63, 3.8) is 0 Å². The molecule has 1 heterocycles. The number of rotatable bonds is 5. The highest BCUT2D eigenvalue weighted by molar-refractivity contribution is 9.10. The van der Waals surface area contributed by atoms with Gasteiger partial charge < -0.3 is 15.1 Å². The van der Waals surface area contributed by atoms with Crippen LogP contribution in [0.4, 0.5) is 5.69 Å². The maximum atomic E-state index is 5.68. The highest BCUT2D eigenvalue weighted by Gasteiger charge is 2.09. The molecule has 3 nitrogen and oxygen atoms in total. The van der Waals surface area contributed by atoms with Crippen molar-refractivity contribution < 1.29 is 4.42 Å². The van der Waals surface area contributed by atoms with Gasteiger partial charge >= 0.3 is 0 Å². The first-order valence-electron chi connectivity index (χ1n) is 5.94. The van der Waals surface area contributed by atoms with Crippen molar-refractivity contribution in [3.8, 4) is 0 Å². The molecule has 0 aliphatic rings. The minimum Gasteiger partial charge on any atom is -0.467 e. The van der Waals surface area contributed by atoms with Gasteiger partial charge in [0.1, 0.15) is 5.76 Å². The summed E-state index contributed by atoms with van der Waals surface area (Å²) >= 11 is 3.52. The molecule has 2 N–H and O–H groups in total. The summed E-state index contributed by atoms with van der Waals surface area (Å²) < 4.78 is 6.52. The van der Waals surface area contributed by atoms with Gasteiger partial charge in [-0.1, -0.05) is 15.9 Å². The first-order chi connectivity index (χ1) is 8.70. The third kappa shape index (κ3) is 3.15. The van der Waals surface area contributed by atoms with Crippen LogP contribution in [0.5, 0.6) is 0 Å². The van der Waals surface area contributed by atoms with Crippen molar-refractivity contribution in [3.05, 3.63) is 52.4 Å². The van der Waals surface area contributed by atoms with Crippen molar-refractivity contribution in [1.82, 2.24) is 0 Å². The Hall–Kier alpha value is -1.26. The van der Waals surface area contributed by atoms with E-state index < -0.39 is 0 Å². The molecule has 0 saturated heterocycles. The Labute approximate surface area is 116 Å². The molecule has 0 bridgehead atoms. The molecule has 0 unspecified atom stereocenters. The summed E-state index contributed by atoms with van der Waals surface area (Å²) in [6.07, 6.45) is 1.70. The van der Waals surface area contributed by atoms with Crippen molar-refractivity contribution in [2.45, 2.75) is 13.5 Å². The smallest absolute Gasteiger partial charge is 0.123 e. The van der Waals surface area contributed by atoms with Crippen LogP contribution in [0.2, 0.25) is 0 Å². The Bertz CT molecular complexity index is 497. The third-order valence-electron chi connectivity index (χ3n) is 2.83. The Morgan fingerprint density at radius 1 is 1.33 bits per heavy atom. The Kier molecular flexibility index (Phi) is 4.44. The Morgan fingerprint density at radius 3 is 2.78 bits per heavy atom. The molecule has 96 valence electrons. The molecule has 0 atom stereocenters. The van der Waals surface area contributed by atoms with E-state index in [1.54, 1.807) is 6.26 Å². The van der Waals surface area contributed by atoms with Crippen LogP contribution in [0.15, 0.2) is 45.5 Å². The molecule has 2 aromatic rings. The van der Waals surface area contributed by atoms with Gasteiger partial charge in [-0.2, -0.15) is 0 Å². The fourth-order valence-corrected chi connectivity index (χ4v) is 2.12. The van der Waals surface area contributed by atoms with Gasteiger partial charge in [-0.25, -0.2) is 0 Å². The Balaban J connectivity index is 2.20. The fraction of sp³-hybridized carbons (Fsp3) is 0.286. The summed E-state index contributed by atoms with van der Waals surface area (Å²) in [7, 11) is 0. The average Bonchev–Trinajstić information content (AvgIpc) is 2.85. The van der Waals surface area contributed by atoms with Crippen LogP contribution in [-0.4, -0.2) is 13.1 Å². The van der Waals surface area contributed by atoms with Gasteiger partial charge in [0, 0.05) is 23.2 Å². The van der Waals surface area contributed by atoms with Gasteiger partial charge in [0.2, 0.25) is 0 Å². The van der Waals surface area contributed by atoms with E-state index in [4.69, 9.17) is 10.2 Å². The number of hydrogen-bond donors (Lipinski definition) is 1. The number of halogens is 1. The maximum absolute atomic E-state index is 5.68. The number of furan rings is 1. The maximum Gasteiger partial charge on any atom is 0.123 e. The molecule has 18 heavy (non-hydrogen) atoms. The third-order valence-corrected chi connectivity index (χ3v) is 3.72. The highest BCUT2D eigenvalue weighted by Crippen LogP contribution is 2.24. The summed E-state index contributed by atoms with van der Waals surface area (Å²) in [5, 5.41) is 0. The number of aryl methyl sites for hydroxylation is 1. The summed E-state index contributed by atoms with van der Waals surface area (Å²) in [5.41, 5.74) is 8.06. The lowest BCUT2D eigenvalue weighted by atomic mass is 10.2. The standard InChI is InChI=1S/C14H17BrN2O/c1-11-9-12(4-5-14(11)15)17(7-6-16)10-13-3-2-8-18-13/h2-5,8-9H,6-7,10,16H2,1H3. The zero-order valence-corrected chi connectivity index (χ0v) is 12.0. The lowest BCUT2D eigenvalue weighted by Gasteiger charge is -2.23. The van der Waals surface area contributed by atoms with Crippen molar-refractivity contribution in [2.24, 2.45) is 5.73 Å². The second-order valence-corrected chi connectivity index (χ2v) is 5.08. The molecule has 0 amide bonds. The quantitative estimate of drug-likeness (QED) is 0.921. The average molecular weight is 309 g/mol. The van der Waals surface area contributed by atoms with Gasteiger partial charge in [-0.15, -0.1) is 0 Å². The summed E-state index contributed by atoms with van der Waals surface area (Å²) in [5.74, 6) is 0.948. The summed E-state index contributed by atoms with van der Waals surface area (Å²) in [6, 6.07) is 10.2. The molecule has 0 spiro atoms. The summed E-state index contributed by atoms with van der Waals surface area (Å²) in [4.78, 5) is 2.22. The van der Waals surface area contributed by atoms with Crippen LogP contribution in [0, 0.1) is 6.92 Å². The second kappa shape index (κ2) is 6.07. The van der Waals surface area contributed by atoms with Crippen LogP contribution in [0.1, 0.15) is 11.3 Å². The molecular formula is C14H17BrN2O. The number of hydrogen-bond acceptors (Lipinski definition) is 3. The number of anilines is 1. The zero-order valence-electron chi connectivity index (χ0n) is 10.4. The number of benzene rings is 1. The lowest BCUT2D eigenvalue weighted by Crippen LogP contribution is -2.28. The van der Waals surface area contributed by atoms with Crippen LogP contribution in [-0.2, 0) is 6.54 Å². The lowest BCUT2D eigenvalue weighted by molar-refractivity contribution is 0.502. The molecule has 1 aromatic carbocycles. The van der Waals surface area contributed by atoms with E-state index in [-0.39, 0.29) is 0 Å². The molecule has 0 saturated carbocycles. The second-order valence-electron chi connectivity index (χ2n) is 4.22. The number of nitrogens with two attached hydrogens (primary N) is 1. The van der Waals surface area contributed by atoms with Crippen LogP contribution < -0.4 is 10.6 Å². The molecule has 4 heteroatoms. The van der Waals surface area contributed by atoms with E-state index >= 15 is 0 Å². The predicted octanol–water partition coefficient (Wildman–Crippen LogP) is 3.32. The largest absolute Gasteiger partial charge is 0.467 e. The summed E-state index contributed by atoms with van der Waals surface area (Å²) in [6.45, 7) is 4.25. The van der Waals surface area contributed by atoms with Gasteiger partial charge in [0.05, 0.1) is 12.8 Å². The molecule has 0 radical (unpaired) electrons. The van der Waals surface area contributed by atoms with E-state index in [9.17, 15) is 0 Å².